The highest BCUT2D eigenvalue weighted by molar-refractivity contribution is 5.80. The summed E-state index contributed by atoms with van der Waals surface area (Å²) >= 11 is 0. The molecule has 7 nitrogen and oxygen atoms in total. The molecule has 0 bridgehead atoms. The summed E-state index contributed by atoms with van der Waals surface area (Å²) in [4.78, 5) is 25.8. The van der Waals surface area contributed by atoms with Crippen molar-refractivity contribution in [2.45, 2.75) is 52.7 Å². The molecule has 2 N–H and O–H groups in total. The van der Waals surface area contributed by atoms with E-state index in [1.807, 2.05) is 26.0 Å². The van der Waals surface area contributed by atoms with Gasteiger partial charge in [0.05, 0.1) is 13.2 Å². The van der Waals surface area contributed by atoms with Crippen molar-refractivity contribution in [3.05, 3.63) is 28.8 Å². The standard InChI is InChI=1S/C20H30N2O5/c1-13-10-15(11-14(2)17(13)22-6-8-26-9-7-22)12-16(18(23)24)21-19(25)27-20(3,4)5/h10-11,16H,6-9,12H2,1-5H3,(H,21,25)(H,23,24). The van der Waals surface area contributed by atoms with Gasteiger partial charge in [0.1, 0.15) is 11.6 Å². The number of carbonyl (C=O) groups is 2. The molecule has 1 aromatic rings. The maximum atomic E-state index is 11.9. The fourth-order valence-corrected chi connectivity index (χ4v) is 3.33. The molecule has 1 aliphatic rings. The molecule has 0 radical (unpaired) electrons. The molecular weight excluding hydrogens is 348 g/mol. The molecule has 0 aliphatic carbocycles. The number of nitrogens with one attached hydrogen (secondary N) is 1. The molecule has 1 aromatic carbocycles. The van der Waals surface area contributed by atoms with Crippen LogP contribution in [0.25, 0.3) is 0 Å². The van der Waals surface area contributed by atoms with Crippen molar-refractivity contribution < 1.29 is 24.2 Å². The Bertz CT molecular complexity index is 667. The number of alkyl carbamates (subject to hydrolysis) is 1. The second-order valence-corrected chi connectivity index (χ2v) is 7.92. The van der Waals surface area contributed by atoms with Crippen LogP contribution in [0.15, 0.2) is 12.1 Å². The van der Waals surface area contributed by atoms with Gasteiger partial charge < -0.3 is 24.8 Å². The molecule has 0 spiro atoms. The van der Waals surface area contributed by atoms with Crippen molar-refractivity contribution in [1.82, 2.24) is 5.32 Å². The van der Waals surface area contributed by atoms with Crippen molar-refractivity contribution in [3.63, 3.8) is 0 Å². The first-order valence-corrected chi connectivity index (χ1v) is 9.22. The van der Waals surface area contributed by atoms with E-state index in [1.54, 1.807) is 20.8 Å². The number of aryl methyl sites for hydroxylation is 2. The van der Waals surface area contributed by atoms with Gasteiger partial charge in [-0.05, 0) is 51.3 Å². The molecule has 150 valence electrons. The highest BCUT2D eigenvalue weighted by Gasteiger charge is 2.25. The summed E-state index contributed by atoms with van der Waals surface area (Å²) in [6, 6.07) is 2.93. The largest absolute Gasteiger partial charge is 0.480 e. The summed E-state index contributed by atoms with van der Waals surface area (Å²) in [5, 5.41) is 11.9. The van der Waals surface area contributed by atoms with Crippen molar-refractivity contribution in [1.29, 1.82) is 0 Å². The van der Waals surface area contributed by atoms with Crippen LogP contribution in [-0.4, -0.2) is 55.1 Å². The van der Waals surface area contributed by atoms with Gasteiger partial charge in [0, 0.05) is 25.2 Å². The molecule has 1 aliphatic heterocycles. The normalized spacial score (nSPS) is 16.0. The second-order valence-electron chi connectivity index (χ2n) is 7.92. The number of carboxylic acid groups (broad SMARTS) is 1. The molecule has 1 unspecified atom stereocenters. The quantitative estimate of drug-likeness (QED) is 0.819. The first-order chi connectivity index (χ1) is 12.6. The Balaban J connectivity index is 2.14. The molecule has 7 heteroatoms. The number of anilines is 1. The average molecular weight is 378 g/mol. The Labute approximate surface area is 160 Å². The Morgan fingerprint density at radius 1 is 1.22 bits per heavy atom. The van der Waals surface area contributed by atoms with Gasteiger partial charge in [-0.2, -0.15) is 0 Å². The zero-order chi connectivity index (χ0) is 20.2. The monoisotopic (exact) mass is 378 g/mol. The fraction of sp³-hybridized carbons (Fsp3) is 0.600. The van der Waals surface area contributed by atoms with Crippen molar-refractivity contribution in [2.75, 3.05) is 31.2 Å². The third-order valence-electron chi connectivity index (χ3n) is 4.31. The smallest absolute Gasteiger partial charge is 0.408 e. The number of morpholine rings is 1. The summed E-state index contributed by atoms with van der Waals surface area (Å²) < 4.78 is 10.6. The summed E-state index contributed by atoms with van der Waals surface area (Å²) in [7, 11) is 0. The molecular formula is C20H30N2O5. The van der Waals surface area contributed by atoms with E-state index in [0.717, 1.165) is 29.8 Å². The van der Waals surface area contributed by atoms with Gasteiger partial charge in [-0.3, -0.25) is 0 Å². The van der Waals surface area contributed by atoms with Crippen molar-refractivity contribution >= 4 is 17.7 Å². The summed E-state index contributed by atoms with van der Waals surface area (Å²) in [5.41, 5.74) is 3.54. The van der Waals surface area contributed by atoms with Gasteiger partial charge in [-0.1, -0.05) is 12.1 Å². The van der Waals surface area contributed by atoms with Crippen LogP contribution in [0.2, 0.25) is 0 Å². The van der Waals surface area contributed by atoms with Crippen LogP contribution >= 0.6 is 0 Å². The van der Waals surface area contributed by atoms with E-state index in [4.69, 9.17) is 9.47 Å². The van der Waals surface area contributed by atoms with E-state index in [2.05, 4.69) is 10.2 Å². The minimum Gasteiger partial charge on any atom is -0.480 e. The van der Waals surface area contributed by atoms with Gasteiger partial charge in [-0.15, -0.1) is 0 Å². The fourth-order valence-electron chi connectivity index (χ4n) is 3.33. The minimum absolute atomic E-state index is 0.194. The molecule has 1 saturated heterocycles. The first-order valence-electron chi connectivity index (χ1n) is 9.22. The topological polar surface area (TPSA) is 88.1 Å². The van der Waals surface area contributed by atoms with Crippen molar-refractivity contribution in [2.24, 2.45) is 0 Å². The predicted molar refractivity (Wildman–Crippen MR) is 103 cm³/mol. The molecule has 0 saturated carbocycles. The van der Waals surface area contributed by atoms with Crippen LogP contribution in [0, 0.1) is 13.8 Å². The molecule has 1 heterocycles. The average Bonchev–Trinajstić information content (AvgIpc) is 2.52. The van der Waals surface area contributed by atoms with Crippen LogP contribution in [0.4, 0.5) is 10.5 Å². The Hall–Kier alpha value is -2.28. The van der Waals surface area contributed by atoms with E-state index in [1.165, 1.54) is 5.69 Å². The Morgan fingerprint density at radius 2 is 1.78 bits per heavy atom. The van der Waals surface area contributed by atoms with E-state index in [9.17, 15) is 14.7 Å². The summed E-state index contributed by atoms with van der Waals surface area (Å²) in [6.07, 6.45) is -0.534. The number of carboxylic acids is 1. The highest BCUT2D eigenvalue weighted by atomic mass is 16.6. The van der Waals surface area contributed by atoms with Crippen LogP contribution in [0.3, 0.4) is 0 Å². The number of amides is 1. The molecule has 1 atom stereocenters. The SMILES string of the molecule is Cc1cc(CC(NC(=O)OC(C)(C)C)C(=O)O)cc(C)c1N1CCOCC1. The number of rotatable bonds is 5. The first kappa shape index (κ1) is 21.0. The van der Waals surface area contributed by atoms with Gasteiger partial charge >= 0.3 is 12.1 Å². The number of carbonyl (C=O) groups excluding carboxylic acids is 1. The lowest BCUT2D eigenvalue weighted by Gasteiger charge is -2.32. The minimum atomic E-state index is -1.09. The third-order valence-corrected chi connectivity index (χ3v) is 4.31. The van der Waals surface area contributed by atoms with Gasteiger partial charge in [0.2, 0.25) is 0 Å². The lowest BCUT2D eigenvalue weighted by Crippen LogP contribution is -2.44. The zero-order valence-electron chi connectivity index (χ0n) is 16.8. The van der Waals surface area contributed by atoms with Gasteiger partial charge in [0.15, 0.2) is 0 Å². The van der Waals surface area contributed by atoms with E-state index >= 15 is 0 Å². The predicted octanol–water partition coefficient (Wildman–Crippen LogP) is 2.66. The van der Waals surface area contributed by atoms with Gasteiger partial charge in [0.25, 0.3) is 0 Å². The molecule has 2 rings (SSSR count). The number of hydrogen-bond acceptors (Lipinski definition) is 5. The Kier molecular flexibility index (Phi) is 6.70. The zero-order valence-corrected chi connectivity index (χ0v) is 16.8. The molecule has 1 amide bonds. The number of nitrogens with zero attached hydrogens (tertiary/aromatic N) is 1. The summed E-state index contributed by atoms with van der Waals surface area (Å²) in [5.74, 6) is -1.09. The maximum absolute atomic E-state index is 11.9. The molecule has 1 fully saturated rings. The van der Waals surface area contributed by atoms with Crippen LogP contribution in [0.1, 0.15) is 37.5 Å². The maximum Gasteiger partial charge on any atom is 0.408 e. The van der Waals surface area contributed by atoms with Crippen LogP contribution in [0.5, 0.6) is 0 Å². The molecule has 0 aromatic heterocycles. The van der Waals surface area contributed by atoms with Crippen LogP contribution in [-0.2, 0) is 20.7 Å². The van der Waals surface area contributed by atoms with E-state index in [-0.39, 0.29) is 6.42 Å². The third kappa shape index (κ3) is 6.13. The molecule has 27 heavy (non-hydrogen) atoms. The number of ether oxygens (including phenoxy) is 2. The van der Waals surface area contributed by atoms with Crippen molar-refractivity contribution in [3.8, 4) is 0 Å². The lowest BCUT2D eigenvalue weighted by molar-refractivity contribution is -0.139. The number of aliphatic carboxylic acids is 1. The second kappa shape index (κ2) is 8.61. The van der Waals surface area contributed by atoms with E-state index in [0.29, 0.717) is 13.2 Å². The lowest BCUT2D eigenvalue weighted by atomic mass is 9.98. The summed E-state index contributed by atoms with van der Waals surface area (Å²) in [6.45, 7) is 12.4. The van der Waals surface area contributed by atoms with E-state index < -0.39 is 23.7 Å². The number of hydrogen-bond donors (Lipinski definition) is 2. The van der Waals surface area contributed by atoms with Gasteiger partial charge in [-0.25, -0.2) is 9.59 Å². The number of benzene rings is 1. The van der Waals surface area contributed by atoms with Crippen LogP contribution < -0.4 is 10.2 Å². The highest BCUT2D eigenvalue weighted by Crippen LogP contribution is 2.27. The Morgan fingerprint density at radius 3 is 2.26 bits per heavy atom.